The van der Waals surface area contributed by atoms with E-state index in [-0.39, 0.29) is 5.12 Å². The highest BCUT2D eigenvalue weighted by atomic mass is 32.2. The number of rotatable bonds is 4. The van der Waals surface area contributed by atoms with E-state index in [2.05, 4.69) is 13.0 Å². The van der Waals surface area contributed by atoms with Gasteiger partial charge in [0.25, 0.3) is 0 Å². The lowest BCUT2D eigenvalue weighted by molar-refractivity contribution is -0.109. The molecule has 2 aromatic rings. The number of thioether (sulfide) groups is 1. The summed E-state index contributed by atoms with van der Waals surface area (Å²) in [4.78, 5) is 12.2. The molecule has 0 atom stereocenters. The summed E-state index contributed by atoms with van der Waals surface area (Å²) in [6.45, 7) is 6.15. The van der Waals surface area contributed by atoms with Crippen molar-refractivity contribution in [2.75, 3.05) is 0 Å². The highest BCUT2D eigenvalue weighted by molar-refractivity contribution is 8.13. The van der Waals surface area contributed by atoms with Gasteiger partial charge in [-0.05, 0) is 31.5 Å². The van der Waals surface area contributed by atoms with Crippen LogP contribution in [0.5, 0.6) is 5.75 Å². The Balaban J connectivity index is 2.12. The molecule has 2 rings (SSSR count). The van der Waals surface area contributed by atoms with Crippen LogP contribution >= 0.6 is 11.8 Å². The number of benzene rings is 2. The van der Waals surface area contributed by atoms with Crippen LogP contribution in [0.4, 0.5) is 0 Å². The van der Waals surface area contributed by atoms with Crippen LogP contribution in [0, 0.1) is 13.8 Å². The molecule has 0 saturated heterocycles. The van der Waals surface area contributed by atoms with Crippen LogP contribution in [-0.2, 0) is 11.4 Å². The van der Waals surface area contributed by atoms with Crippen LogP contribution in [0.25, 0.3) is 0 Å². The van der Waals surface area contributed by atoms with Gasteiger partial charge in [0.05, 0.1) is 0 Å². The van der Waals surface area contributed by atoms with E-state index >= 15 is 0 Å². The standard InChI is InChI=1S/C17H18O2S/c1-12-8-9-16(13(2)10-12)19-11-15-6-4-5-7-17(15)20-14(3)18/h4-10H,11H2,1-3H3. The third-order valence-corrected chi connectivity index (χ3v) is 3.85. The van der Waals surface area contributed by atoms with Crippen molar-refractivity contribution in [1.82, 2.24) is 0 Å². The summed E-state index contributed by atoms with van der Waals surface area (Å²) in [6.07, 6.45) is 0. The van der Waals surface area contributed by atoms with Gasteiger partial charge in [-0.25, -0.2) is 0 Å². The molecule has 0 spiro atoms. The fraction of sp³-hybridized carbons (Fsp3) is 0.235. The molecule has 20 heavy (non-hydrogen) atoms. The highest BCUT2D eigenvalue weighted by Crippen LogP contribution is 2.25. The first-order chi connectivity index (χ1) is 9.56. The van der Waals surface area contributed by atoms with E-state index < -0.39 is 0 Å². The number of carbonyl (C=O) groups excluding carboxylic acids is 1. The van der Waals surface area contributed by atoms with Crippen LogP contribution in [0.2, 0.25) is 0 Å². The van der Waals surface area contributed by atoms with Gasteiger partial charge in [0, 0.05) is 17.4 Å². The maximum Gasteiger partial charge on any atom is 0.190 e. The summed E-state index contributed by atoms with van der Waals surface area (Å²) in [5.41, 5.74) is 3.39. The zero-order valence-electron chi connectivity index (χ0n) is 12.0. The molecule has 0 aromatic heterocycles. The van der Waals surface area contributed by atoms with Crippen molar-refractivity contribution in [3.8, 4) is 5.75 Å². The molecule has 0 amide bonds. The van der Waals surface area contributed by atoms with Crippen LogP contribution in [0.1, 0.15) is 23.6 Å². The molecular formula is C17H18O2S. The van der Waals surface area contributed by atoms with Gasteiger partial charge in [-0.2, -0.15) is 0 Å². The predicted octanol–water partition coefficient (Wildman–Crippen LogP) is 4.52. The van der Waals surface area contributed by atoms with Crippen LogP contribution in [0.15, 0.2) is 47.4 Å². The molecule has 0 bridgehead atoms. The molecule has 0 aliphatic carbocycles. The minimum absolute atomic E-state index is 0.0870. The summed E-state index contributed by atoms with van der Waals surface area (Å²) < 4.78 is 5.88. The summed E-state index contributed by atoms with van der Waals surface area (Å²) in [6, 6.07) is 14.0. The van der Waals surface area contributed by atoms with Crippen molar-refractivity contribution in [2.24, 2.45) is 0 Å². The maximum absolute atomic E-state index is 11.3. The van der Waals surface area contributed by atoms with Crippen LogP contribution < -0.4 is 4.74 Å². The lowest BCUT2D eigenvalue weighted by atomic mass is 10.1. The molecule has 0 fully saturated rings. The predicted molar refractivity (Wildman–Crippen MR) is 83.2 cm³/mol. The largest absolute Gasteiger partial charge is 0.489 e. The molecule has 104 valence electrons. The molecule has 2 nitrogen and oxygen atoms in total. The second kappa shape index (κ2) is 6.62. The SMILES string of the molecule is CC(=O)Sc1ccccc1COc1ccc(C)cc1C. The molecule has 3 heteroatoms. The van der Waals surface area contributed by atoms with Gasteiger partial charge in [-0.1, -0.05) is 47.7 Å². The van der Waals surface area contributed by atoms with Crippen molar-refractivity contribution < 1.29 is 9.53 Å². The molecule has 0 radical (unpaired) electrons. The normalized spacial score (nSPS) is 10.3. The van der Waals surface area contributed by atoms with Gasteiger partial charge in [0.1, 0.15) is 12.4 Å². The third-order valence-electron chi connectivity index (χ3n) is 2.94. The average Bonchev–Trinajstić information content (AvgIpc) is 2.39. The minimum Gasteiger partial charge on any atom is -0.489 e. The number of hydrogen-bond donors (Lipinski definition) is 0. The van der Waals surface area contributed by atoms with E-state index in [0.29, 0.717) is 6.61 Å². The van der Waals surface area contributed by atoms with Gasteiger partial charge in [0.15, 0.2) is 5.12 Å². The van der Waals surface area contributed by atoms with E-state index in [1.807, 2.05) is 43.3 Å². The lowest BCUT2D eigenvalue weighted by Crippen LogP contribution is -1.99. The highest BCUT2D eigenvalue weighted by Gasteiger charge is 2.07. The van der Waals surface area contributed by atoms with Gasteiger partial charge in [0.2, 0.25) is 0 Å². The molecule has 0 N–H and O–H groups in total. The van der Waals surface area contributed by atoms with Crippen molar-refractivity contribution in [3.63, 3.8) is 0 Å². The van der Waals surface area contributed by atoms with Crippen molar-refractivity contribution >= 4 is 16.9 Å². The fourth-order valence-electron chi connectivity index (χ4n) is 1.99. The molecule has 0 aliphatic heterocycles. The minimum atomic E-state index is 0.0870. The molecule has 0 unspecified atom stereocenters. The smallest absolute Gasteiger partial charge is 0.190 e. The number of carbonyl (C=O) groups is 1. The van der Waals surface area contributed by atoms with Crippen LogP contribution in [0.3, 0.4) is 0 Å². The molecule has 2 aromatic carbocycles. The fourth-order valence-corrected chi connectivity index (χ4v) is 2.71. The maximum atomic E-state index is 11.3. The van der Waals surface area contributed by atoms with E-state index in [1.165, 1.54) is 17.3 Å². The zero-order valence-corrected chi connectivity index (χ0v) is 12.8. The Morgan fingerprint density at radius 1 is 1.15 bits per heavy atom. The lowest BCUT2D eigenvalue weighted by Gasteiger charge is -2.12. The number of ether oxygens (including phenoxy) is 1. The molecule has 0 heterocycles. The van der Waals surface area contributed by atoms with Gasteiger partial charge in [-0.3, -0.25) is 4.79 Å². The third kappa shape index (κ3) is 3.87. The van der Waals surface area contributed by atoms with E-state index in [1.54, 1.807) is 6.92 Å². The second-order valence-electron chi connectivity index (χ2n) is 4.76. The Morgan fingerprint density at radius 2 is 1.90 bits per heavy atom. The Bertz CT molecular complexity index is 620. The van der Waals surface area contributed by atoms with Gasteiger partial charge < -0.3 is 4.74 Å². The number of hydrogen-bond acceptors (Lipinski definition) is 3. The topological polar surface area (TPSA) is 26.3 Å². The molecular weight excluding hydrogens is 268 g/mol. The Labute approximate surface area is 124 Å². The average molecular weight is 286 g/mol. The Morgan fingerprint density at radius 3 is 2.60 bits per heavy atom. The quantitative estimate of drug-likeness (QED) is 0.773. The van der Waals surface area contributed by atoms with Crippen molar-refractivity contribution in [3.05, 3.63) is 59.2 Å². The Hall–Kier alpha value is -1.74. The van der Waals surface area contributed by atoms with Crippen molar-refractivity contribution in [2.45, 2.75) is 32.3 Å². The monoisotopic (exact) mass is 286 g/mol. The first-order valence-electron chi connectivity index (χ1n) is 6.52. The van der Waals surface area contributed by atoms with E-state index in [9.17, 15) is 4.79 Å². The second-order valence-corrected chi connectivity index (χ2v) is 5.98. The molecule has 0 aliphatic rings. The number of aryl methyl sites for hydroxylation is 2. The molecule has 0 saturated carbocycles. The summed E-state index contributed by atoms with van der Waals surface area (Å²) >= 11 is 1.25. The Kier molecular flexibility index (Phi) is 4.85. The van der Waals surface area contributed by atoms with E-state index in [4.69, 9.17) is 4.74 Å². The van der Waals surface area contributed by atoms with E-state index in [0.717, 1.165) is 21.8 Å². The van der Waals surface area contributed by atoms with Crippen molar-refractivity contribution in [1.29, 1.82) is 0 Å². The first kappa shape index (κ1) is 14.7. The van der Waals surface area contributed by atoms with Crippen LogP contribution in [-0.4, -0.2) is 5.12 Å². The zero-order chi connectivity index (χ0) is 14.5. The van der Waals surface area contributed by atoms with Gasteiger partial charge in [-0.15, -0.1) is 0 Å². The summed E-state index contributed by atoms with van der Waals surface area (Å²) in [7, 11) is 0. The summed E-state index contributed by atoms with van der Waals surface area (Å²) in [5.74, 6) is 0.887. The summed E-state index contributed by atoms with van der Waals surface area (Å²) in [5, 5.41) is 0.0870. The van der Waals surface area contributed by atoms with Gasteiger partial charge >= 0.3 is 0 Å². The first-order valence-corrected chi connectivity index (χ1v) is 7.34.